The fourth-order valence-corrected chi connectivity index (χ4v) is 4.44. The van der Waals surface area contributed by atoms with Crippen LogP contribution in [0, 0.1) is 0 Å². The molecule has 2 aromatic rings. The van der Waals surface area contributed by atoms with E-state index in [-0.39, 0.29) is 16.8 Å². The largest absolute Gasteiger partial charge is 0.496 e. The highest BCUT2D eigenvalue weighted by atomic mass is 35.5. The average molecular weight is 452 g/mol. The maximum absolute atomic E-state index is 13.6. The van der Waals surface area contributed by atoms with Crippen molar-refractivity contribution >= 4 is 28.9 Å². The standard InChI is InChI=1S/C22H21ClF3N3O2/c1-31-19-11-5-2-7-14(19)16-10-6-12-28(16)21(30)18-13-20(22(24,25)26)27-29(18)17-9-4-3-8-15(17)23/h2-5,7-9,11,16,18H,6,10,12-13H2,1H3. The molecule has 0 saturated carbocycles. The summed E-state index contributed by atoms with van der Waals surface area (Å²) < 4.78 is 45.9. The van der Waals surface area contributed by atoms with Crippen LogP contribution in [-0.4, -0.2) is 42.4 Å². The number of halogens is 4. The fraction of sp³-hybridized carbons (Fsp3) is 0.364. The molecule has 2 atom stereocenters. The van der Waals surface area contributed by atoms with Gasteiger partial charge in [-0.05, 0) is 31.0 Å². The predicted octanol–water partition coefficient (Wildman–Crippen LogP) is 5.21. The van der Waals surface area contributed by atoms with E-state index in [2.05, 4.69) is 5.10 Å². The summed E-state index contributed by atoms with van der Waals surface area (Å²) in [7, 11) is 1.56. The number of hydrogen-bond acceptors (Lipinski definition) is 4. The smallest absolute Gasteiger partial charge is 0.431 e. The zero-order valence-electron chi connectivity index (χ0n) is 16.8. The minimum Gasteiger partial charge on any atom is -0.496 e. The number of benzene rings is 2. The summed E-state index contributed by atoms with van der Waals surface area (Å²) in [4.78, 5) is 15.2. The molecule has 1 fully saturated rings. The molecule has 0 N–H and O–H groups in total. The van der Waals surface area contributed by atoms with E-state index in [0.29, 0.717) is 18.7 Å². The molecule has 5 nitrogen and oxygen atoms in total. The lowest BCUT2D eigenvalue weighted by atomic mass is 10.0. The minimum absolute atomic E-state index is 0.232. The van der Waals surface area contributed by atoms with Gasteiger partial charge in [0.05, 0.1) is 23.9 Å². The monoisotopic (exact) mass is 451 g/mol. The molecule has 2 unspecified atom stereocenters. The molecule has 2 aromatic carbocycles. The zero-order chi connectivity index (χ0) is 22.2. The molecule has 4 rings (SSSR count). The molecular weight excluding hydrogens is 431 g/mol. The van der Waals surface area contributed by atoms with E-state index in [0.717, 1.165) is 17.0 Å². The third-order valence-corrected chi connectivity index (χ3v) is 5.98. The van der Waals surface area contributed by atoms with Crippen LogP contribution in [0.3, 0.4) is 0 Å². The number of likely N-dealkylation sites (tertiary alicyclic amines) is 1. The van der Waals surface area contributed by atoms with Crippen LogP contribution in [0.4, 0.5) is 18.9 Å². The zero-order valence-corrected chi connectivity index (χ0v) is 17.5. The molecule has 1 amide bonds. The van der Waals surface area contributed by atoms with E-state index < -0.39 is 30.3 Å². The summed E-state index contributed by atoms with van der Waals surface area (Å²) in [6.07, 6.45) is -3.69. The number of hydrogen-bond donors (Lipinski definition) is 0. The van der Waals surface area contributed by atoms with Crippen molar-refractivity contribution in [3.05, 3.63) is 59.1 Å². The first kappa shape index (κ1) is 21.5. The summed E-state index contributed by atoms with van der Waals surface area (Å²) in [6, 6.07) is 12.4. The van der Waals surface area contributed by atoms with E-state index >= 15 is 0 Å². The van der Waals surface area contributed by atoms with Gasteiger partial charge in [0.15, 0.2) is 0 Å². The maximum atomic E-state index is 13.6. The van der Waals surface area contributed by atoms with E-state index in [1.807, 2.05) is 24.3 Å². The Bertz CT molecular complexity index is 1010. The highest BCUT2D eigenvalue weighted by Crippen LogP contribution is 2.40. The van der Waals surface area contributed by atoms with Crippen molar-refractivity contribution < 1.29 is 22.7 Å². The second-order valence-corrected chi connectivity index (χ2v) is 7.90. The molecule has 164 valence electrons. The Labute approximate surface area is 183 Å². The van der Waals surface area contributed by atoms with Gasteiger partial charge in [-0.15, -0.1) is 0 Å². The Hall–Kier alpha value is -2.74. The van der Waals surface area contributed by atoms with Crippen LogP contribution < -0.4 is 9.75 Å². The van der Waals surface area contributed by atoms with Crippen molar-refractivity contribution in [2.45, 2.75) is 37.5 Å². The summed E-state index contributed by atoms with van der Waals surface area (Å²) in [5.41, 5.74) is 0.128. The number of carbonyl (C=O) groups excluding carboxylic acids is 1. The number of ether oxygens (including phenoxy) is 1. The van der Waals surface area contributed by atoms with Crippen LogP contribution in [0.15, 0.2) is 53.6 Å². The molecule has 0 radical (unpaired) electrons. The number of nitrogens with zero attached hydrogens (tertiary/aromatic N) is 3. The van der Waals surface area contributed by atoms with Crippen molar-refractivity contribution in [2.24, 2.45) is 5.10 Å². The third kappa shape index (κ3) is 4.08. The Balaban J connectivity index is 1.68. The number of rotatable bonds is 4. The molecule has 0 aromatic heterocycles. The van der Waals surface area contributed by atoms with Crippen LogP contribution in [-0.2, 0) is 4.79 Å². The molecule has 2 heterocycles. The predicted molar refractivity (Wildman–Crippen MR) is 113 cm³/mol. The Morgan fingerprint density at radius 2 is 1.87 bits per heavy atom. The van der Waals surface area contributed by atoms with Gasteiger partial charge in [-0.3, -0.25) is 9.80 Å². The molecule has 1 saturated heterocycles. The number of hydrazone groups is 1. The van der Waals surface area contributed by atoms with Crippen molar-refractivity contribution in [2.75, 3.05) is 18.7 Å². The number of carbonyl (C=O) groups is 1. The van der Waals surface area contributed by atoms with Crippen LogP contribution in [0.25, 0.3) is 0 Å². The highest BCUT2D eigenvalue weighted by Gasteiger charge is 2.48. The SMILES string of the molecule is COc1ccccc1C1CCCN1C(=O)C1CC(C(F)(F)F)=NN1c1ccccc1Cl. The lowest BCUT2D eigenvalue weighted by molar-refractivity contribution is -0.133. The van der Waals surface area contributed by atoms with Crippen LogP contribution in [0.2, 0.25) is 5.02 Å². The molecular formula is C22H21ClF3N3O2. The topological polar surface area (TPSA) is 45.1 Å². The van der Waals surface area contributed by atoms with Gasteiger partial charge in [0.25, 0.3) is 0 Å². The van der Waals surface area contributed by atoms with Crippen molar-refractivity contribution in [3.63, 3.8) is 0 Å². The van der Waals surface area contributed by atoms with E-state index in [1.54, 1.807) is 36.3 Å². The molecule has 31 heavy (non-hydrogen) atoms. The third-order valence-electron chi connectivity index (χ3n) is 5.66. The van der Waals surface area contributed by atoms with Gasteiger partial charge in [-0.1, -0.05) is 41.9 Å². The van der Waals surface area contributed by atoms with Gasteiger partial charge in [0.1, 0.15) is 17.5 Å². The van der Waals surface area contributed by atoms with Gasteiger partial charge in [-0.25, -0.2) is 0 Å². The van der Waals surface area contributed by atoms with Gasteiger partial charge in [-0.2, -0.15) is 18.3 Å². The second-order valence-electron chi connectivity index (χ2n) is 7.49. The number of methoxy groups -OCH3 is 1. The number of alkyl halides is 3. The number of anilines is 1. The number of amides is 1. The van der Waals surface area contributed by atoms with Crippen LogP contribution in [0.1, 0.15) is 30.9 Å². The average Bonchev–Trinajstić information content (AvgIpc) is 3.41. The quantitative estimate of drug-likeness (QED) is 0.641. The molecule has 2 aliphatic rings. The Morgan fingerprint density at radius 1 is 1.16 bits per heavy atom. The summed E-state index contributed by atoms with van der Waals surface area (Å²) in [5.74, 6) is 0.241. The second kappa shape index (κ2) is 8.42. The highest BCUT2D eigenvalue weighted by molar-refractivity contribution is 6.33. The first-order valence-electron chi connectivity index (χ1n) is 9.93. The lowest BCUT2D eigenvalue weighted by Crippen LogP contribution is -2.45. The normalized spacial score (nSPS) is 21.4. The molecule has 0 bridgehead atoms. The van der Waals surface area contributed by atoms with Crippen LogP contribution in [0.5, 0.6) is 5.75 Å². The molecule has 0 aliphatic carbocycles. The van der Waals surface area contributed by atoms with E-state index in [1.165, 1.54) is 0 Å². The summed E-state index contributed by atoms with van der Waals surface area (Å²) in [6.45, 7) is 0.454. The number of para-hydroxylation sites is 2. The Morgan fingerprint density at radius 3 is 2.58 bits per heavy atom. The first-order chi connectivity index (χ1) is 14.8. The molecule has 2 aliphatic heterocycles. The van der Waals surface area contributed by atoms with Gasteiger partial charge in [0, 0.05) is 18.5 Å². The summed E-state index contributed by atoms with van der Waals surface area (Å²) in [5, 5.41) is 5.11. The van der Waals surface area contributed by atoms with Crippen molar-refractivity contribution in [1.82, 2.24) is 4.90 Å². The van der Waals surface area contributed by atoms with Crippen LogP contribution >= 0.6 is 11.6 Å². The molecule has 9 heteroatoms. The van der Waals surface area contributed by atoms with E-state index in [4.69, 9.17) is 16.3 Å². The first-order valence-corrected chi connectivity index (χ1v) is 10.3. The summed E-state index contributed by atoms with van der Waals surface area (Å²) >= 11 is 6.23. The Kier molecular flexibility index (Phi) is 5.83. The van der Waals surface area contributed by atoms with E-state index in [9.17, 15) is 18.0 Å². The van der Waals surface area contributed by atoms with Gasteiger partial charge in [0.2, 0.25) is 5.91 Å². The maximum Gasteiger partial charge on any atom is 0.431 e. The minimum atomic E-state index is -4.62. The van der Waals surface area contributed by atoms with Gasteiger partial charge >= 0.3 is 6.18 Å². The van der Waals surface area contributed by atoms with Crippen molar-refractivity contribution in [1.29, 1.82) is 0 Å². The van der Waals surface area contributed by atoms with Crippen molar-refractivity contribution in [3.8, 4) is 5.75 Å². The fourth-order valence-electron chi connectivity index (χ4n) is 4.22. The van der Waals surface area contributed by atoms with Gasteiger partial charge < -0.3 is 9.64 Å². The lowest BCUT2D eigenvalue weighted by Gasteiger charge is -2.32. The molecule has 0 spiro atoms.